The van der Waals surface area contributed by atoms with Crippen LogP contribution in [-0.4, -0.2) is 20.6 Å². The van der Waals surface area contributed by atoms with Crippen LogP contribution in [0, 0.1) is 5.82 Å². The minimum absolute atomic E-state index is 0.0314. The molecule has 0 fully saturated rings. The zero-order chi connectivity index (χ0) is 16.5. The Morgan fingerprint density at radius 1 is 1.09 bits per heavy atom. The van der Waals surface area contributed by atoms with E-state index in [4.69, 9.17) is 23.2 Å². The number of hydrogen-bond donors (Lipinski definition) is 1. The van der Waals surface area contributed by atoms with Gasteiger partial charge in [-0.25, -0.2) is 12.8 Å². The Hall–Kier alpha value is -1.63. The predicted molar refractivity (Wildman–Crippen MR) is 83.9 cm³/mol. The van der Waals surface area contributed by atoms with Crippen LogP contribution in [0.2, 0.25) is 10.0 Å². The van der Waals surface area contributed by atoms with Gasteiger partial charge < -0.3 is 5.32 Å². The van der Waals surface area contributed by atoms with Crippen LogP contribution in [0.4, 0.5) is 10.1 Å². The zero-order valence-corrected chi connectivity index (χ0v) is 13.6. The van der Waals surface area contributed by atoms with Gasteiger partial charge in [0, 0.05) is 17.5 Å². The second-order valence-electron chi connectivity index (χ2n) is 4.50. The van der Waals surface area contributed by atoms with Gasteiger partial charge in [0.25, 0.3) is 5.91 Å². The Kier molecular flexibility index (Phi) is 4.75. The van der Waals surface area contributed by atoms with Gasteiger partial charge in [0.1, 0.15) is 5.82 Å². The first-order valence-corrected chi connectivity index (χ1v) is 8.59. The largest absolute Gasteiger partial charge is 0.322 e. The van der Waals surface area contributed by atoms with Crippen LogP contribution >= 0.6 is 23.2 Å². The third-order valence-electron chi connectivity index (χ3n) is 2.77. The highest BCUT2D eigenvalue weighted by Crippen LogP contribution is 2.24. The Morgan fingerprint density at radius 3 is 2.36 bits per heavy atom. The molecule has 0 unspecified atom stereocenters. The molecule has 0 radical (unpaired) electrons. The first kappa shape index (κ1) is 16.7. The first-order valence-electron chi connectivity index (χ1n) is 5.94. The number of halogens is 3. The number of carbonyl (C=O) groups excluding carboxylic acids is 1. The van der Waals surface area contributed by atoms with Crippen molar-refractivity contribution in [3.8, 4) is 0 Å². The summed E-state index contributed by atoms with van der Waals surface area (Å²) in [6.07, 6.45) is 0.996. The summed E-state index contributed by atoms with van der Waals surface area (Å²) in [5, 5.41) is 2.39. The summed E-state index contributed by atoms with van der Waals surface area (Å²) in [7, 11) is -3.56. The van der Waals surface area contributed by atoms with Crippen molar-refractivity contribution < 1.29 is 17.6 Å². The number of anilines is 1. The summed E-state index contributed by atoms with van der Waals surface area (Å²) < 4.78 is 36.2. The number of nitrogens with one attached hydrogen (secondary N) is 1. The van der Waals surface area contributed by atoms with E-state index in [1.54, 1.807) is 0 Å². The highest BCUT2D eigenvalue weighted by Gasteiger charge is 2.16. The summed E-state index contributed by atoms with van der Waals surface area (Å²) in [5.74, 6) is -1.17. The molecule has 116 valence electrons. The van der Waals surface area contributed by atoms with Gasteiger partial charge in [-0.3, -0.25) is 4.79 Å². The standard InChI is InChI=1S/C14H10Cl2FNO3S/c1-22(20,21)13-6-8(2-4-10(13)15)14(19)18-9-3-5-12(17)11(16)7-9/h2-7H,1H3,(H,18,19). The maximum atomic E-state index is 13.1. The van der Waals surface area contributed by atoms with Gasteiger partial charge in [-0.1, -0.05) is 23.2 Å². The smallest absolute Gasteiger partial charge is 0.255 e. The molecule has 8 heteroatoms. The number of rotatable bonds is 3. The van der Waals surface area contributed by atoms with Crippen molar-refractivity contribution in [3.63, 3.8) is 0 Å². The topological polar surface area (TPSA) is 63.2 Å². The van der Waals surface area contributed by atoms with E-state index in [1.807, 2.05) is 0 Å². The van der Waals surface area contributed by atoms with E-state index >= 15 is 0 Å². The summed E-state index contributed by atoms with van der Waals surface area (Å²) in [5.41, 5.74) is 0.387. The van der Waals surface area contributed by atoms with Gasteiger partial charge in [0.05, 0.1) is 14.9 Å². The number of sulfone groups is 1. The normalized spacial score (nSPS) is 11.3. The molecule has 0 heterocycles. The van der Waals surface area contributed by atoms with Crippen LogP contribution in [0.5, 0.6) is 0 Å². The van der Waals surface area contributed by atoms with Crippen LogP contribution < -0.4 is 5.32 Å². The molecule has 1 amide bonds. The van der Waals surface area contributed by atoms with Crippen LogP contribution in [0.25, 0.3) is 0 Å². The lowest BCUT2D eigenvalue weighted by Gasteiger charge is -2.08. The van der Waals surface area contributed by atoms with Gasteiger partial charge in [0.2, 0.25) is 0 Å². The van der Waals surface area contributed by atoms with Crippen molar-refractivity contribution in [3.05, 3.63) is 57.8 Å². The highest BCUT2D eigenvalue weighted by atomic mass is 35.5. The van der Waals surface area contributed by atoms with E-state index in [0.717, 1.165) is 12.3 Å². The van der Waals surface area contributed by atoms with Gasteiger partial charge in [-0.05, 0) is 36.4 Å². The highest BCUT2D eigenvalue weighted by molar-refractivity contribution is 7.90. The van der Waals surface area contributed by atoms with Crippen molar-refractivity contribution in [2.24, 2.45) is 0 Å². The average Bonchev–Trinajstić information content (AvgIpc) is 2.42. The average molecular weight is 362 g/mol. The lowest BCUT2D eigenvalue weighted by atomic mass is 10.2. The fourth-order valence-corrected chi connectivity index (χ4v) is 3.19. The molecule has 0 aliphatic carbocycles. The molecular weight excluding hydrogens is 352 g/mol. The van der Waals surface area contributed by atoms with Crippen LogP contribution in [0.1, 0.15) is 10.4 Å². The van der Waals surface area contributed by atoms with Gasteiger partial charge in [-0.15, -0.1) is 0 Å². The lowest BCUT2D eigenvalue weighted by molar-refractivity contribution is 0.102. The molecule has 0 aromatic heterocycles. The number of carbonyl (C=O) groups is 1. The molecular formula is C14H10Cl2FNO3S. The van der Waals surface area contributed by atoms with Gasteiger partial charge >= 0.3 is 0 Å². The molecule has 0 bridgehead atoms. The molecule has 2 aromatic rings. The molecule has 1 N–H and O–H groups in total. The van der Waals surface area contributed by atoms with Crippen molar-refractivity contribution in [1.29, 1.82) is 0 Å². The maximum Gasteiger partial charge on any atom is 0.255 e. The Labute approximate surface area is 136 Å². The molecule has 0 atom stereocenters. The Morgan fingerprint density at radius 2 is 1.77 bits per heavy atom. The summed E-state index contributed by atoms with van der Waals surface area (Å²) in [4.78, 5) is 12.0. The molecule has 22 heavy (non-hydrogen) atoms. The summed E-state index contributed by atoms with van der Waals surface area (Å²) >= 11 is 11.4. The quantitative estimate of drug-likeness (QED) is 0.904. The summed E-state index contributed by atoms with van der Waals surface area (Å²) in [6, 6.07) is 7.59. The van der Waals surface area contributed by atoms with Crippen molar-refractivity contribution in [2.75, 3.05) is 11.6 Å². The third kappa shape index (κ3) is 3.76. The Balaban J connectivity index is 2.32. The monoisotopic (exact) mass is 361 g/mol. The molecule has 2 rings (SSSR count). The number of benzene rings is 2. The molecule has 2 aromatic carbocycles. The molecule has 4 nitrogen and oxygen atoms in total. The van der Waals surface area contributed by atoms with Gasteiger partial charge in [0.15, 0.2) is 9.84 Å². The minimum Gasteiger partial charge on any atom is -0.322 e. The SMILES string of the molecule is CS(=O)(=O)c1cc(C(=O)Nc2ccc(F)c(Cl)c2)ccc1Cl. The molecule has 0 spiro atoms. The molecule has 0 saturated heterocycles. The van der Waals surface area contributed by atoms with E-state index in [9.17, 15) is 17.6 Å². The fourth-order valence-electron chi connectivity index (χ4n) is 1.71. The van der Waals surface area contributed by atoms with E-state index in [-0.39, 0.29) is 26.2 Å². The van der Waals surface area contributed by atoms with Crippen molar-refractivity contribution >= 4 is 44.6 Å². The first-order chi connectivity index (χ1) is 10.2. The fraction of sp³-hybridized carbons (Fsp3) is 0.0714. The number of hydrogen-bond acceptors (Lipinski definition) is 3. The number of amides is 1. The molecule has 0 aliphatic heterocycles. The van der Waals surface area contributed by atoms with E-state index in [2.05, 4.69) is 5.32 Å². The second-order valence-corrected chi connectivity index (χ2v) is 7.30. The third-order valence-corrected chi connectivity index (χ3v) is 4.64. The van der Waals surface area contributed by atoms with E-state index in [0.29, 0.717) is 0 Å². The van der Waals surface area contributed by atoms with E-state index < -0.39 is 21.6 Å². The van der Waals surface area contributed by atoms with Crippen LogP contribution in [0.15, 0.2) is 41.3 Å². The van der Waals surface area contributed by atoms with Crippen LogP contribution in [-0.2, 0) is 9.84 Å². The van der Waals surface area contributed by atoms with Crippen molar-refractivity contribution in [2.45, 2.75) is 4.90 Å². The summed E-state index contributed by atoms with van der Waals surface area (Å²) in [6.45, 7) is 0. The maximum absolute atomic E-state index is 13.1. The van der Waals surface area contributed by atoms with Gasteiger partial charge in [-0.2, -0.15) is 0 Å². The van der Waals surface area contributed by atoms with Crippen LogP contribution in [0.3, 0.4) is 0 Å². The Bertz CT molecular complexity index is 853. The van der Waals surface area contributed by atoms with E-state index in [1.165, 1.54) is 30.3 Å². The molecule has 0 aliphatic rings. The zero-order valence-electron chi connectivity index (χ0n) is 11.2. The minimum atomic E-state index is -3.56. The molecule has 0 saturated carbocycles. The predicted octanol–water partition coefficient (Wildman–Crippen LogP) is 3.79. The van der Waals surface area contributed by atoms with Crippen molar-refractivity contribution in [1.82, 2.24) is 0 Å². The second kappa shape index (κ2) is 6.24. The lowest BCUT2D eigenvalue weighted by Crippen LogP contribution is -2.13.